The lowest BCUT2D eigenvalue weighted by Gasteiger charge is -2.40. The van der Waals surface area contributed by atoms with Crippen LogP contribution in [0.3, 0.4) is 0 Å². The fraction of sp³-hybridized carbons (Fsp3) is 0.643. The number of carbonyl (C=O) groups excluding carboxylic acids is 2. The van der Waals surface area contributed by atoms with Gasteiger partial charge < -0.3 is 10.2 Å². The van der Waals surface area contributed by atoms with E-state index in [9.17, 15) is 9.59 Å². The second kappa shape index (κ2) is 6.35. The molecule has 2 rings (SSSR count). The maximum Gasteiger partial charge on any atom is 0.246 e. The zero-order chi connectivity index (χ0) is 14.7. The molecule has 0 aliphatic carbocycles. The van der Waals surface area contributed by atoms with Gasteiger partial charge in [0.05, 0.1) is 12.1 Å². The second-order valence-corrected chi connectivity index (χ2v) is 6.44. The molecule has 1 fully saturated rings. The first-order valence-electron chi connectivity index (χ1n) is 7.02. The van der Waals surface area contributed by atoms with Gasteiger partial charge in [-0.15, -0.1) is 11.3 Å². The van der Waals surface area contributed by atoms with Gasteiger partial charge in [-0.3, -0.25) is 14.6 Å². The quantitative estimate of drug-likeness (QED) is 0.901. The highest BCUT2D eigenvalue weighted by Gasteiger charge is 2.41. The number of aromatic nitrogens is 1. The predicted octanol–water partition coefficient (Wildman–Crippen LogP) is 1.79. The lowest BCUT2D eigenvalue weighted by Crippen LogP contribution is -2.64. The van der Waals surface area contributed by atoms with E-state index in [1.165, 1.54) is 11.3 Å². The molecule has 2 atom stereocenters. The lowest BCUT2D eigenvalue weighted by molar-refractivity contribution is -0.152. The third-order valence-corrected chi connectivity index (χ3v) is 4.28. The van der Waals surface area contributed by atoms with E-state index < -0.39 is 6.04 Å². The molecule has 6 heteroatoms. The molecule has 20 heavy (non-hydrogen) atoms. The van der Waals surface area contributed by atoms with Gasteiger partial charge in [0.2, 0.25) is 11.8 Å². The number of thiazole rings is 1. The monoisotopic (exact) mass is 295 g/mol. The van der Waals surface area contributed by atoms with Crippen LogP contribution in [0.2, 0.25) is 0 Å². The summed E-state index contributed by atoms with van der Waals surface area (Å²) in [4.78, 5) is 31.7. The Bertz CT molecular complexity index is 473. The molecule has 2 amide bonds. The summed E-state index contributed by atoms with van der Waals surface area (Å²) in [6.07, 6.45) is 3.32. The molecule has 0 bridgehead atoms. The van der Waals surface area contributed by atoms with Gasteiger partial charge in [-0.05, 0) is 12.3 Å². The number of hydrogen-bond acceptors (Lipinski definition) is 4. The van der Waals surface area contributed by atoms with Crippen molar-refractivity contribution in [2.75, 3.05) is 0 Å². The third-order valence-electron chi connectivity index (χ3n) is 3.52. The first-order chi connectivity index (χ1) is 9.54. The Kier molecular flexibility index (Phi) is 4.75. The minimum absolute atomic E-state index is 0.0264. The number of amides is 2. The van der Waals surface area contributed by atoms with Gasteiger partial charge in [0.1, 0.15) is 12.1 Å². The molecule has 1 aliphatic heterocycles. The second-order valence-electron chi connectivity index (χ2n) is 5.47. The summed E-state index contributed by atoms with van der Waals surface area (Å²) < 4.78 is 0. The number of hydrogen-bond donors (Lipinski definition) is 1. The van der Waals surface area contributed by atoms with Crippen molar-refractivity contribution in [3.05, 3.63) is 16.6 Å². The Morgan fingerprint density at radius 1 is 1.45 bits per heavy atom. The van der Waals surface area contributed by atoms with Gasteiger partial charge >= 0.3 is 0 Å². The zero-order valence-corrected chi connectivity index (χ0v) is 12.9. The van der Waals surface area contributed by atoms with Crippen LogP contribution >= 0.6 is 11.3 Å². The highest BCUT2D eigenvalue weighted by atomic mass is 32.1. The summed E-state index contributed by atoms with van der Waals surface area (Å²) in [6, 6.07) is -0.770. The van der Waals surface area contributed by atoms with Crippen LogP contribution in [0.25, 0.3) is 0 Å². The number of carbonyl (C=O) groups is 2. The van der Waals surface area contributed by atoms with Gasteiger partial charge in [0, 0.05) is 11.1 Å². The highest BCUT2D eigenvalue weighted by Crippen LogP contribution is 2.22. The topological polar surface area (TPSA) is 62.3 Å². The fourth-order valence-corrected chi connectivity index (χ4v) is 3.20. The third kappa shape index (κ3) is 3.00. The molecule has 0 saturated carbocycles. The van der Waals surface area contributed by atoms with Crippen molar-refractivity contribution in [3.63, 3.8) is 0 Å². The van der Waals surface area contributed by atoms with Gasteiger partial charge in [-0.1, -0.05) is 27.2 Å². The summed E-state index contributed by atoms with van der Waals surface area (Å²) in [5, 5.41) is 2.87. The Labute approximate surface area is 123 Å². The summed E-state index contributed by atoms with van der Waals surface area (Å²) in [6.45, 7) is 6.43. The van der Waals surface area contributed by atoms with Crippen LogP contribution in [0.4, 0.5) is 0 Å². The summed E-state index contributed by atoms with van der Waals surface area (Å²) >= 11 is 1.51. The van der Waals surface area contributed by atoms with E-state index in [1.54, 1.807) is 16.6 Å². The number of rotatable bonds is 5. The van der Waals surface area contributed by atoms with Crippen LogP contribution in [0.5, 0.6) is 0 Å². The Balaban J connectivity index is 2.24. The molecule has 2 heterocycles. The molecular formula is C14H21N3O2S. The fourth-order valence-electron chi connectivity index (χ4n) is 2.61. The SMILES string of the molecule is CCCC1NC(=O)C(C(C)C)N(Cc2cncs2)C1=O. The van der Waals surface area contributed by atoms with Crippen LogP contribution in [-0.2, 0) is 16.1 Å². The molecule has 1 aromatic heterocycles. The largest absolute Gasteiger partial charge is 0.342 e. The molecule has 1 N–H and O–H groups in total. The Hall–Kier alpha value is -1.43. The van der Waals surface area contributed by atoms with Crippen LogP contribution in [0.15, 0.2) is 11.7 Å². The van der Waals surface area contributed by atoms with Gasteiger partial charge in [0.25, 0.3) is 0 Å². The van der Waals surface area contributed by atoms with E-state index in [1.807, 2.05) is 20.8 Å². The van der Waals surface area contributed by atoms with E-state index in [0.717, 1.165) is 11.3 Å². The molecule has 1 aromatic rings. The maximum atomic E-state index is 12.6. The van der Waals surface area contributed by atoms with E-state index in [4.69, 9.17) is 0 Å². The van der Waals surface area contributed by atoms with E-state index in [-0.39, 0.29) is 23.8 Å². The molecule has 0 aromatic carbocycles. The summed E-state index contributed by atoms with van der Waals surface area (Å²) in [5.74, 6) is 0.0792. The zero-order valence-electron chi connectivity index (χ0n) is 12.1. The standard InChI is InChI=1S/C14H21N3O2S/c1-4-5-11-14(19)17(7-10-6-15-8-20-10)12(9(2)3)13(18)16-11/h6,8-9,11-12H,4-5,7H2,1-3H3,(H,16,18). The summed E-state index contributed by atoms with van der Waals surface area (Å²) in [5.41, 5.74) is 1.75. The van der Waals surface area contributed by atoms with E-state index in [2.05, 4.69) is 10.3 Å². The van der Waals surface area contributed by atoms with Crippen LogP contribution in [0.1, 0.15) is 38.5 Å². The van der Waals surface area contributed by atoms with Crippen molar-refractivity contribution in [2.24, 2.45) is 5.92 Å². The summed E-state index contributed by atoms with van der Waals surface area (Å²) in [7, 11) is 0. The van der Waals surface area contributed by atoms with Crippen LogP contribution in [-0.4, -0.2) is 33.8 Å². The van der Waals surface area contributed by atoms with Crippen LogP contribution < -0.4 is 5.32 Å². The normalized spacial score (nSPS) is 23.3. The van der Waals surface area contributed by atoms with Crippen molar-refractivity contribution in [1.82, 2.24) is 15.2 Å². The first kappa shape index (κ1) is 15.0. The molecule has 0 radical (unpaired) electrons. The minimum atomic E-state index is -0.391. The average Bonchev–Trinajstić information content (AvgIpc) is 2.88. The molecule has 1 saturated heterocycles. The van der Waals surface area contributed by atoms with E-state index in [0.29, 0.717) is 13.0 Å². The van der Waals surface area contributed by atoms with Gasteiger partial charge in [-0.25, -0.2) is 0 Å². The van der Waals surface area contributed by atoms with E-state index >= 15 is 0 Å². The molecular weight excluding hydrogens is 274 g/mol. The molecule has 110 valence electrons. The maximum absolute atomic E-state index is 12.6. The number of nitrogens with one attached hydrogen (secondary N) is 1. The van der Waals surface area contributed by atoms with Gasteiger partial charge in [0.15, 0.2) is 0 Å². The lowest BCUT2D eigenvalue weighted by atomic mass is 9.95. The van der Waals surface area contributed by atoms with Crippen molar-refractivity contribution in [2.45, 2.75) is 52.2 Å². The Morgan fingerprint density at radius 2 is 2.20 bits per heavy atom. The minimum Gasteiger partial charge on any atom is -0.342 e. The average molecular weight is 295 g/mol. The van der Waals surface area contributed by atoms with Crippen molar-refractivity contribution in [3.8, 4) is 0 Å². The number of nitrogens with zero attached hydrogens (tertiary/aromatic N) is 2. The predicted molar refractivity (Wildman–Crippen MR) is 78.1 cm³/mol. The van der Waals surface area contributed by atoms with Crippen molar-refractivity contribution in [1.29, 1.82) is 0 Å². The van der Waals surface area contributed by atoms with Crippen molar-refractivity contribution < 1.29 is 9.59 Å². The van der Waals surface area contributed by atoms with Gasteiger partial charge in [-0.2, -0.15) is 0 Å². The first-order valence-corrected chi connectivity index (χ1v) is 7.90. The van der Waals surface area contributed by atoms with Crippen LogP contribution in [0, 0.1) is 5.92 Å². The highest BCUT2D eigenvalue weighted by molar-refractivity contribution is 7.09. The number of piperazine rings is 1. The van der Waals surface area contributed by atoms with Crippen molar-refractivity contribution >= 4 is 23.2 Å². The molecule has 1 aliphatic rings. The molecule has 5 nitrogen and oxygen atoms in total. The Morgan fingerprint density at radius 3 is 2.75 bits per heavy atom. The smallest absolute Gasteiger partial charge is 0.246 e. The molecule has 2 unspecified atom stereocenters. The molecule has 0 spiro atoms.